The smallest absolute Gasteiger partial charge is 0.242 e. The van der Waals surface area contributed by atoms with Gasteiger partial charge in [0.25, 0.3) is 0 Å². The predicted molar refractivity (Wildman–Crippen MR) is 82.2 cm³/mol. The van der Waals surface area contributed by atoms with E-state index in [0.29, 0.717) is 18.0 Å². The SMILES string of the molecule is CCCNCc1cc(S(=O)(=O)NCCC)cn1CCC. The van der Waals surface area contributed by atoms with Gasteiger partial charge in [0.05, 0.1) is 4.90 Å². The van der Waals surface area contributed by atoms with Crippen LogP contribution in [0.15, 0.2) is 17.2 Å². The highest BCUT2D eigenvalue weighted by atomic mass is 32.2. The zero-order chi connectivity index (χ0) is 15.0. The summed E-state index contributed by atoms with van der Waals surface area (Å²) in [6.07, 6.45) is 4.58. The van der Waals surface area contributed by atoms with Crippen molar-refractivity contribution in [1.82, 2.24) is 14.6 Å². The molecule has 1 heterocycles. The van der Waals surface area contributed by atoms with Gasteiger partial charge in [0, 0.05) is 31.5 Å². The lowest BCUT2D eigenvalue weighted by atomic mass is 10.4. The van der Waals surface area contributed by atoms with E-state index in [2.05, 4.69) is 23.9 Å². The van der Waals surface area contributed by atoms with E-state index in [1.807, 2.05) is 11.5 Å². The Bertz CT molecular complexity index is 495. The van der Waals surface area contributed by atoms with Crippen LogP contribution in [0.3, 0.4) is 0 Å². The van der Waals surface area contributed by atoms with E-state index in [1.54, 1.807) is 12.3 Å². The molecular weight excluding hydrogens is 274 g/mol. The summed E-state index contributed by atoms with van der Waals surface area (Å²) < 4.78 is 28.9. The Hall–Kier alpha value is -0.850. The third kappa shape index (κ3) is 4.92. The highest BCUT2D eigenvalue weighted by Gasteiger charge is 2.17. The molecule has 1 aromatic heterocycles. The number of sulfonamides is 1. The lowest BCUT2D eigenvalue weighted by Gasteiger charge is -2.08. The van der Waals surface area contributed by atoms with Gasteiger partial charge in [-0.15, -0.1) is 0 Å². The molecule has 0 spiro atoms. The molecule has 0 atom stereocenters. The van der Waals surface area contributed by atoms with Crippen LogP contribution >= 0.6 is 0 Å². The van der Waals surface area contributed by atoms with Gasteiger partial charge in [0.2, 0.25) is 10.0 Å². The largest absolute Gasteiger partial charge is 0.349 e. The number of rotatable bonds is 10. The molecule has 0 unspecified atom stereocenters. The minimum Gasteiger partial charge on any atom is -0.349 e. The first-order valence-electron chi connectivity index (χ1n) is 7.44. The first-order valence-corrected chi connectivity index (χ1v) is 8.92. The summed E-state index contributed by atoms with van der Waals surface area (Å²) in [5.41, 5.74) is 1.03. The summed E-state index contributed by atoms with van der Waals surface area (Å²) in [6, 6.07) is 1.77. The Kier molecular flexibility index (Phi) is 7.26. The molecule has 0 radical (unpaired) electrons. The first-order chi connectivity index (χ1) is 9.55. The molecule has 0 aliphatic heterocycles. The Morgan fingerprint density at radius 3 is 2.40 bits per heavy atom. The Balaban J connectivity index is 2.89. The molecular formula is C14H27N3O2S. The molecule has 1 rings (SSSR count). The van der Waals surface area contributed by atoms with Crippen molar-refractivity contribution in [2.45, 2.75) is 58.0 Å². The normalized spacial score (nSPS) is 11.9. The molecule has 0 bridgehead atoms. The monoisotopic (exact) mass is 301 g/mol. The number of aromatic nitrogens is 1. The van der Waals surface area contributed by atoms with Crippen molar-refractivity contribution in [2.24, 2.45) is 0 Å². The molecule has 116 valence electrons. The van der Waals surface area contributed by atoms with Crippen molar-refractivity contribution < 1.29 is 8.42 Å². The second kappa shape index (κ2) is 8.44. The molecule has 2 N–H and O–H groups in total. The summed E-state index contributed by atoms with van der Waals surface area (Å²) in [7, 11) is -3.37. The highest BCUT2D eigenvalue weighted by molar-refractivity contribution is 7.89. The van der Waals surface area contributed by atoms with E-state index in [1.165, 1.54) is 0 Å². The van der Waals surface area contributed by atoms with Crippen LogP contribution < -0.4 is 10.0 Å². The van der Waals surface area contributed by atoms with Gasteiger partial charge in [-0.25, -0.2) is 13.1 Å². The first kappa shape index (κ1) is 17.2. The summed E-state index contributed by atoms with van der Waals surface area (Å²) in [5, 5.41) is 3.32. The maximum absolute atomic E-state index is 12.1. The molecule has 0 saturated heterocycles. The summed E-state index contributed by atoms with van der Waals surface area (Å²) in [6.45, 7) is 9.11. The average molecular weight is 301 g/mol. The number of hydrogen-bond acceptors (Lipinski definition) is 3. The van der Waals surface area contributed by atoms with Crippen LogP contribution in [-0.4, -0.2) is 26.1 Å². The van der Waals surface area contributed by atoms with Crippen molar-refractivity contribution in [2.75, 3.05) is 13.1 Å². The molecule has 1 aromatic rings. The number of aryl methyl sites for hydroxylation is 1. The Morgan fingerprint density at radius 2 is 1.80 bits per heavy atom. The number of nitrogens with zero attached hydrogens (tertiary/aromatic N) is 1. The lowest BCUT2D eigenvalue weighted by Crippen LogP contribution is -2.24. The molecule has 5 nitrogen and oxygen atoms in total. The standard InChI is InChI=1S/C14H27N3O2S/c1-4-7-15-11-13-10-14(12-17(13)9-6-3)20(18,19)16-8-5-2/h10,12,15-16H,4-9,11H2,1-3H3. The van der Waals surface area contributed by atoms with Crippen LogP contribution in [0.4, 0.5) is 0 Å². The van der Waals surface area contributed by atoms with Gasteiger partial charge in [0.1, 0.15) is 0 Å². The lowest BCUT2D eigenvalue weighted by molar-refractivity contribution is 0.579. The Labute approximate surface area is 122 Å². The van der Waals surface area contributed by atoms with E-state index in [9.17, 15) is 8.42 Å². The minimum atomic E-state index is -3.37. The van der Waals surface area contributed by atoms with E-state index >= 15 is 0 Å². The van der Waals surface area contributed by atoms with Crippen LogP contribution in [0.5, 0.6) is 0 Å². The van der Waals surface area contributed by atoms with E-state index in [4.69, 9.17) is 0 Å². The second-order valence-corrected chi connectivity index (χ2v) is 6.70. The quantitative estimate of drug-likeness (QED) is 0.650. The Morgan fingerprint density at radius 1 is 1.10 bits per heavy atom. The topological polar surface area (TPSA) is 63.1 Å². The third-order valence-corrected chi connectivity index (χ3v) is 4.44. The average Bonchev–Trinajstić information content (AvgIpc) is 2.82. The van der Waals surface area contributed by atoms with Gasteiger partial charge in [0.15, 0.2) is 0 Å². The molecule has 0 amide bonds. The second-order valence-electron chi connectivity index (χ2n) is 4.94. The zero-order valence-corrected chi connectivity index (χ0v) is 13.6. The van der Waals surface area contributed by atoms with Gasteiger partial charge < -0.3 is 9.88 Å². The molecule has 6 heteroatoms. The van der Waals surface area contributed by atoms with Gasteiger partial charge in [-0.3, -0.25) is 0 Å². The molecule has 0 saturated carbocycles. The third-order valence-electron chi connectivity index (χ3n) is 3.01. The fraction of sp³-hybridized carbons (Fsp3) is 0.714. The minimum absolute atomic E-state index is 0.368. The fourth-order valence-corrected chi connectivity index (χ4v) is 3.18. The van der Waals surface area contributed by atoms with Gasteiger partial charge in [-0.1, -0.05) is 20.8 Å². The van der Waals surface area contributed by atoms with Crippen molar-refractivity contribution in [3.63, 3.8) is 0 Å². The molecule has 20 heavy (non-hydrogen) atoms. The number of nitrogens with one attached hydrogen (secondary N) is 2. The van der Waals surface area contributed by atoms with Crippen molar-refractivity contribution >= 4 is 10.0 Å². The summed E-state index contributed by atoms with van der Waals surface area (Å²) >= 11 is 0. The van der Waals surface area contributed by atoms with Crippen LogP contribution in [0, 0.1) is 0 Å². The molecule has 0 aromatic carbocycles. The molecule has 0 aliphatic carbocycles. The highest BCUT2D eigenvalue weighted by Crippen LogP contribution is 2.15. The van der Waals surface area contributed by atoms with Crippen molar-refractivity contribution in [3.05, 3.63) is 18.0 Å². The van der Waals surface area contributed by atoms with E-state index in [0.717, 1.165) is 38.0 Å². The summed E-state index contributed by atoms with van der Waals surface area (Å²) in [5.74, 6) is 0. The van der Waals surface area contributed by atoms with Crippen LogP contribution in [-0.2, 0) is 23.1 Å². The van der Waals surface area contributed by atoms with Gasteiger partial charge in [-0.2, -0.15) is 0 Å². The van der Waals surface area contributed by atoms with Crippen molar-refractivity contribution in [3.8, 4) is 0 Å². The van der Waals surface area contributed by atoms with E-state index in [-0.39, 0.29) is 0 Å². The van der Waals surface area contributed by atoms with Crippen LogP contribution in [0.2, 0.25) is 0 Å². The van der Waals surface area contributed by atoms with Crippen molar-refractivity contribution in [1.29, 1.82) is 0 Å². The summed E-state index contributed by atoms with van der Waals surface area (Å²) in [4.78, 5) is 0.368. The van der Waals surface area contributed by atoms with Crippen LogP contribution in [0.1, 0.15) is 45.7 Å². The zero-order valence-electron chi connectivity index (χ0n) is 12.8. The van der Waals surface area contributed by atoms with Gasteiger partial charge >= 0.3 is 0 Å². The predicted octanol–water partition coefficient (Wildman–Crippen LogP) is 2.09. The van der Waals surface area contributed by atoms with E-state index < -0.39 is 10.0 Å². The molecule has 0 fully saturated rings. The fourth-order valence-electron chi connectivity index (χ4n) is 1.98. The number of hydrogen-bond donors (Lipinski definition) is 2. The maximum Gasteiger partial charge on any atom is 0.242 e. The maximum atomic E-state index is 12.1. The van der Waals surface area contributed by atoms with Crippen LogP contribution in [0.25, 0.3) is 0 Å². The van der Waals surface area contributed by atoms with Gasteiger partial charge in [-0.05, 0) is 31.9 Å². The molecule has 0 aliphatic rings.